The first-order valence-electron chi connectivity index (χ1n) is 11.3. The van der Waals surface area contributed by atoms with Gasteiger partial charge in [0.15, 0.2) is 0 Å². The Morgan fingerprint density at radius 2 is 2.12 bits per heavy atom. The summed E-state index contributed by atoms with van der Waals surface area (Å²) in [6.07, 6.45) is 5.79. The van der Waals surface area contributed by atoms with Gasteiger partial charge in [-0.2, -0.15) is 0 Å². The van der Waals surface area contributed by atoms with Crippen LogP contribution in [0.25, 0.3) is 11.3 Å². The molecule has 8 heteroatoms. The molecule has 176 valence electrons. The zero-order valence-electron chi connectivity index (χ0n) is 20.2. The number of carbonyl (C=O) groups is 1. The van der Waals surface area contributed by atoms with Crippen molar-refractivity contribution in [2.24, 2.45) is 22.1 Å². The number of nitrogens with two attached hydrogens (primary N) is 1. The number of amides is 2. The van der Waals surface area contributed by atoms with Crippen molar-refractivity contribution in [3.05, 3.63) is 53.5 Å². The Hall–Kier alpha value is -3.42. The van der Waals surface area contributed by atoms with Gasteiger partial charge in [0.1, 0.15) is 0 Å². The van der Waals surface area contributed by atoms with Crippen molar-refractivity contribution in [3.8, 4) is 11.3 Å². The van der Waals surface area contributed by atoms with Crippen LogP contribution >= 0.6 is 0 Å². The number of rotatable bonds is 6. The van der Waals surface area contributed by atoms with Gasteiger partial charge in [-0.05, 0) is 47.9 Å². The SMILES string of the molecule is CN=C/C(=C\N)Nc1nccc(-c2ccc(CNC(=O)N3CCC(C(C)(C)C)C3)c(C)c2)n1. The molecular weight excluding hydrogens is 414 g/mol. The summed E-state index contributed by atoms with van der Waals surface area (Å²) in [6, 6.07) is 8.00. The number of nitrogens with zero attached hydrogens (tertiary/aromatic N) is 4. The van der Waals surface area contributed by atoms with Crippen molar-refractivity contribution >= 4 is 18.2 Å². The highest BCUT2D eigenvalue weighted by Crippen LogP contribution is 2.33. The molecule has 2 aromatic rings. The third kappa shape index (κ3) is 6.31. The molecule has 1 aliphatic heterocycles. The summed E-state index contributed by atoms with van der Waals surface area (Å²) in [4.78, 5) is 27.4. The second kappa shape index (κ2) is 10.5. The Bertz CT molecular complexity index is 1040. The van der Waals surface area contributed by atoms with E-state index in [0.29, 0.717) is 24.1 Å². The minimum absolute atomic E-state index is 0.0103. The van der Waals surface area contributed by atoms with Crippen LogP contribution in [-0.4, -0.2) is 47.3 Å². The van der Waals surface area contributed by atoms with Crippen molar-refractivity contribution in [2.75, 3.05) is 25.5 Å². The van der Waals surface area contributed by atoms with Gasteiger partial charge in [-0.15, -0.1) is 0 Å². The number of allylic oxidation sites excluding steroid dienone is 1. The van der Waals surface area contributed by atoms with Crippen molar-refractivity contribution in [1.29, 1.82) is 0 Å². The number of hydrogen-bond acceptors (Lipinski definition) is 6. The monoisotopic (exact) mass is 449 g/mol. The Morgan fingerprint density at radius 1 is 1.33 bits per heavy atom. The molecule has 0 aliphatic carbocycles. The van der Waals surface area contributed by atoms with Gasteiger partial charge < -0.3 is 21.3 Å². The van der Waals surface area contributed by atoms with Crippen LogP contribution in [0.4, 0.5) is 10.7 Å². The highest BCUT2D eigenvalue weighted by atomic mass is 16.2. The molecule has 0 saturated carbocycles. The minimum atomic E-state index is 0.0103. The molecule has 0 radical (unpaired) electrons. The van der Waals surface area contributed by atoms with Crippen LogP contribution < -0.4 is 16.4 Å². The van der Waals surface area contributed by atoms with Crippen LogP contribution in [0.2, 0.25) is 0 Å². The number of anilines is 1. The molecule has 4 N–H and O–H groups in total. The molecule has 1 atom stereocenters. The van der Waals surface area contributed by atoms with Crippen molar-refractivity contribution in [1.82, 2.24) is 20.2 Å². The number of benzene rings is 1. The van der Waals surface area contributed by atoms with E-state index in [1.54, 1.807) is 19.5 Å². The predicted octanol–water partition coefficient (Wildman–Crippen LogP) is 3.94. The lowest BCUT2D eigenvalue weighted by Gasteiger charge is -2.27. The summed E-state index contributed by atoms with van der Waals surface area (Å²) in [5.74, 6) is 0.986. The highest BCUT2D eigenvalue weighted by molar-refractivity contribution is 5.82. The zero-order chi connectivity index (χ0) is 24.0. The highest BCUT2D eigenvalue weighted by Gasteiger charge is 2.33. The molecule has 33 heavy (non-hydrogen) atoms. The van der Waals surface area contributed by atoms with Crippen molar-refractivity contribution in [3.63, 3.8) is 0 Å². The summed E-state index contributed by atoms with van der Waals surface area (Å²) in [7, 11) is 1.67. The molecule has 1 aromatic heterocycles. The van der Waals surface area contributed by atoms with Crippen LogP contribution in [0.15, 0.2) is 47.4 Å². The maximum atomic E-state index is 12.7. The van der Waals surface area contributed by atoms with Crippen molar-refractivity contribution < 1.29 is 4.79 Å². The maximum absolute atomic E-state index is 12.7. The fourth-order valence-electron chi connectivity index (χ4n) is 3.95. The van der Waals surface area contributed by atoms with Gasteiger partial charge in [0.05, 0.1) is 11.4 Å². The molecule has 1 unspecified atom stereocenters. The summed E-state index contributed by atoms with van der Waals surface area (Å²) < 4.78 is 0. The van der Waals surface area contributed by atoms with Crippen molar-refractivity contribution in [2.45, 2.75) is 40.7 Å². The summed E-state index contributed by atoms with van der Waals surface area (Å²) in [6.45, 7) is 10.9. The normalized spacial score (nSPS) is 16.9. The van der Waals surface area contributed by atoms with Crippen LogP contribution in [0.1, 0.15) is 38.3 Å². The van der Waals surface area contributed by atoms with Gasteiger partial charge in [0.25, 0.3) is 0 Å². The third-order valence-electron chi connectivity index (χ3n) is 6.13. The van der Waals surface area contributed by atoms with E-state index in [-0.39, 0.29) is 11.4 Å². The molecule has 1 fully saturated rings. The summed E-state index contributed by atoms with van der Waals surface area (Å²) in [5.41, 5.74) is 10.4. The number of urea groups is 1. The second-order valence-corrected chi connectivity index (χ2v) is 9.50. The number of aromatic nitrogens is 2. The third-order valence-corrected chi connectivity index (χ3v) is 6.13. The topological polar surface area (TPSA) is 109 Å². The van der Waals surface area contributed by atoms with E-state index in [1.165, 1.54) is 6.20 Å². The van der Waals surface area contributed by atoms with Crippen LogP contribution in [0.5, 0.6) is 0 Å². The van der Waals surface area contributed by atoms with Gasteiger partial charge in [-0.25, -0.2) is 14.8 Å². The lowest BCUT2D eigenvalue weighted by atomic mass is 9.80. The summed E-state index contributed by atoms with van der Waals surface area (Å²) >= 11 is 0. The molecule has 1 saturated heterocycles. The van der Waals surface area contributed by atoms with E-state index in [0.717, 1.165) is 41.9 Å². The molecule has 1 aliphatic rings. The Kier molecular flexibility index (Phi) is 7.68. The Morgan fingerprint density at radius 3 is 2.76 bits per heavy atom. The van der Waals surface area contributed by atoms with Crippen LogP contribution in [-0.2, 0) is 6.54 Å². The Balaban J connectivity index is 1.64. The molecular formula is C25H35N7O. The number of aliphatic imine (C=N–C) groups is 1. The molecule has 1 aromatic carbocycles. The number of hydrogen-bond donors (Lipinski definition) is 3. The second-order valence-electron chi connectivity index (χ2n) is 9.50. The molecule has 2 amide bonds. The van der Waals surface area contributed by atoms with E-state index in [2.05, 4.69) is 52.4 Å². The van der Waals surface area contributed by atoms with Gasteiger partial charge in [0, 0.05) is 50.9 Å². The minimum Gasteiger partial charge on any atom is -0.403 e. The fourth-order valence-corrected chi connectivity index (χ4v) is 3.95. The average molecular weight is 450 g/mol. The molecule has 0 spiro atoms. The molecule has 0 bridgehead atoms. The molecule has 3 rings (SSSR count). The lowest BCUT2D eigenvalue weighted by Crippen LogP contribution is -2.39. The zero-order valence-corrected chi connectivity index (χ0v) is 20.2. The first-order chi connectivity index (χ1) is 15.7. The maximum Gasteiger partial charge on any atom is 0.317 e. The van der Waals surface area contributed by atoms with E-state index in [9.17, 15) is 4.79 Å². The number of nitrogens with one attached hydrogen (secondary N) is 2. The molecule has 8 nitrogen and oxygen atoms in total. The van der Waals surface area contributed by atoms with Crippen LogP contribution in [0, 0.1) is 18.3 Å². The first kappa shape index (κ1) is 24.2. The quantitative estimate of drug-likeness (QED) is 0.579. The van der Waals surface area contributed by atoms with E-state index in [4.69, 9.17) is 5.73 Å². The number of carbonyl (C=O) groups excluding carboxylic acids is 1. The van der Waals surface area contributed by atoms with Gasteiger partial charge >= 0.3 is 6.03 Å². The standard InChI is InChI=1S/C25H35N7O/c1-17-12-18(22-8-10-28-23(31-22)30-21(13-26)15-27-5)6-7-19(17)14-29-24(33)32-11-9-20(16-32)25(2,3)4/h6-8,10,12-13,15,20H,9,11,14,16,26H2,1-5H3,(H,29,33)(H,28,30,31)/b21-13+,27-15?. The number of likely N-dealkylation sites (tertiary alicyclic amines) is 1. The number of aryl methyl sites for hydroxylation is 1. The Labute approximate surface area is 196 Å². The van der Waals surface area contributed by atoms with E-state index < -0.39 is 0 Å². The fraction of sp³-hybridized carbons (Fsp3) is 0.440. The van der Waals surface area contributed by atoms with E-state index in [1.807, 2.05) is 30.0 Å². The largest absolute Gasteiger partial charge is 0.403 e. The van der Waals surface area contributed by atoms with Gasteiger partial charge in [0.2, 0.25) is 5.95 Å². The van der Waals surface area contributed by atoms with Gasteiger partial charge in [-0.1, -0.05) is 32.9 Å². The van der Waals surface area contributed by atoms with Crippen LogP contribution in [0.3, 0.4) is 0 Å². The summed E-state index contributed by atoms with van der Waals surface area (Å²) in [5, 5.41) is 6.13. The lowest BCUT2D eigenvalue weighted by molar-refractivity contribution is 0.196. The molecule has 2 heterocycles. The van der Waals surface area contributed by atoms with Gasteiger partial charge in [-0.3, -0.25) is 4.99 Å². The smallest absolute Gasteiger partial charge is 0.317 e. The average Bonchev–Trinajstić information content (AvgIpc) is 3.29. The predicted molar refractivity (Wildman–Crippen MR) is 134 cm³/mol. The van der Waals surface area contributed by atoms with E-state index >= 15 is 0 Å². The first-order valence-corrected chi connectivity index (χ1v) is 11.3.